The number of para-hydroxylation sites is 2. The highest BCUT2D eigenvalue weighted by atomic mass is 32.2. The number of sulfonamides is 1. The quantitative estimate of drug-likeness (QED) is 0.159. The summed E-state index contributed by atoms with van der Waals surface area (Å²) in [4.78, 5) is 30.0. The number of methoxy groups -OCH3 is 1. The lowest BCUT2D eigenvalue weighted by atomic mass is 10.0. The largest absolute Gasteiger partial charge is 0.495 e. The third-order valence-corrected chi connectivity index (χ3v) is 9.55. The number of carbonyl (C=O) groups is 2. The molecule has 2 amide bonds. The van der Waals surface area contributed by atoms with E-state index in [1.54, 1.807) is 36.4 Å². The molecule has 4 aromatic rings. The third kappa shape index (κ3) is 8.75. The van der Waals surface area contributed by atoms with Crippen molar-refractivity contribution < 1.29 is 22.7 Å². The summed E-state index contributed by atoms with van der Waals surface area (Å²) in [5.41, 5.74) is 3.85. The van der Waals surface area contributed by atoms with E-state index >= 15 is 0 Å². The molecule has 0 aromatic heterocycles. The summed E-state index contributed by atoms with van der Waals surface area (Å²) in [6.07, 6.45) is 1.96. The van der Waals surface area contributed by atoms with Crippen molar-refractivity contribution in [3.8, 4) is 5.75 Å². The van der Waals surface area contributed by atoms with Crippen LogP contribution in [0.15, 0.2) is 108 Å². The van der Waals surface area contributed by atoms with Crippen molar-refractivity contribution in [3.05, 3.63) is 125 Å². The molecule has 9 heteroatoms. The van der Waals surface area contributed by atoms with Crippen molar-refractivity contribution >= 4 is 27.5 Å². The molecule has 0 saturated carbocycles. The molecule has 0 fully saturated rings. The van der Waals surface area contributed by atoms with Crippen LogP contribution in [0.5, 0.6) is 5.75 Å². The van der Waals surface area contributed by atoms with Crippen molar-refractivity contribution in [3.63, 3.8) is 0 Å². The Balaban J connectivity index is 1.82. The van der Waals surface area contributed by atoms with Crippen LogP contribution in [-0.2, 0) is 32.6 Å². The van der Waals surface area contributed by atoms with E-state index in [1.165, 1.54) is 24.1 Å². The zero-order valence-corrected chi connectivity index (χ0v) is 27.8. The molecule has 0 aliphatic rings. The van der Waals surface area contributed by atoms with Crippen LogP contribution in [0.4, 0.5) is 5.69 Å². The number of nitrogens with zero attached hydrogens (tertiary/aromatic N) is 2. The van der Waals surface area contributed by atoms with Crippen LogP contribution in [0, 0.1) is 13.8 Å². The van der Waals surface area contributed by atoms with Gasteiger partial charge < -0.3 is 15.0 Å². The van der Waals surface area contributed by atoms with Crippen LogP contribution in [0.1, 0.15) is 42.0 Å². The summed E-state index contributed by atoms with van der Waals surface area (Å²) in [5, 5.41) is 3.02. The summed E-state index contributed by atoms with van der Waals surface area (Å²) >= 11 is 0. The Hall–Kier alpha value is -4.63. The van der Waals surface area contributed by atoms with Gasteiger partial charge in [-0.3, -0.25) is 13.9 Å². The smallest absolute Gasteiger partial charge is 0.264 e. The van der Waals surface area contributed by atoms with Gasteiger partial charge in [-0.05, 0) is 55.7 Å². The van der Waals surface area contributed by atoms with E-state index in [-0.39, 0.29) is 29.5 Å². The zero-order valence-electron chi connectivity index (χ0n) is 27.0. The van der Waals surface area contributed by atoms with Gasteiger partial charge in [0.1, 0.15) is 18.3 Å². The van der Waals surface area contributed by atoms with Crippen LogP contribution in [-0.4, -0.2) is 51.4 Å². The maximum absolute atomic E-state index is 14.6. The first-order valence-electron chi connectivity index (χ1n) is 15.5. The topological polar surface area (TPSA) is 96.0 Å². The lowest BCUT2D eigenvalue weighted by molar-refractivity contribution is -0.140. The molecule has 0 aliphatic heterocycles. The molecule has 46 heavy (non-hydrogen) atoms. The van der Waals surface area contributed by atoms with Gasteiger partial charge in [0.2, 0.25) is 11.8 Å². The number of nitrogens with one attached hydrogen (secondary N) is 1. The third-order valence-electron chi connectivity index (χ3n) is 7.78. The van der Waals surface area contributed by atoms with Gasteiger partial charge in [-0.15, -0.1) is 0 Å². The lowest BCUT2D eigenvalue weighted by Crippen LogP contribution is -2.53. The number of aryl methyl sites for hydroxylation is 2. The summed E-state index contributed by atoms with van der Waals surface area (Å²) in [5.74, 6) is -0.507. The summed E-state index contributed by atoms with van der Waals surface area (Å²) < 4.78 is 35.2. The molecule has 0 radical (unpaired) electrons. The fraction of sp³-hybridized carbons (Fsp3) is 0.297. The number of rotatable bonds is 15. The van der Waals surface area contributed by atoms with Gasteiger partial charge in [0, 0.05) is 19.5 Å². The first-order chi connectivity index (χ1) is 22.1. The number of benzene rings is 4. The Labute approximate surface area is 273 Å². The molecule has 0 heterocycles. The minimum Gasteiger partial charge on any atom is -0.495 e. The van der Waals surface area contributed by atoms with Crippen molar-refractivity contribution in [2.24, 2.45) is 0 Å². The van der Waals surface area contributed by atoms with Gasteiger partial charge in [0.05, 0.1) is 17.7 Å². The van der Waals surface area contributed by atoms with Gasteiger partial charge in [-0.25, -0.2) is 8.42 Å². The number of unbranched alkanes of at least 4 members (excludes halogenated alkanes) is 1. The lowest BCUT2D eigenvalue weighted by Gasteiger charge is -2.34. The molecule has 1 atom stereocenters. The molecule has 8 nitrogen and oxygen atoms in total. The first-order valence-corrected chi connectivity index (χ1v) is 17.0. The minimum absolute atomic E-state index is 0.0418. The summed E-state index contributed by atoms with van der Waals surface area (Å²) in [7, 11) is -2.77. The van der Waals surface area contributed by atoms with Crippen LogP contribution in [0.3, 0.4) is 0 Å². The maximum atomic E-state index is 14.6. The van der Waals surface area contributed by atoms with Gasteiger partial charge in [-0.2, -0.15) is 0 Å². The number of hydrogen-bond donors (Lipinski definition) is 1. The number of amides is 2. The number of anilines is 1. The average Bonchev–Trinajstić information content (AvgIpc) is 3.05. The molecule has 1 N–H and O–H groups in total. The predicted molar refractivity (Wildman–Crippen MR) is 182 cm³/mol. The fourth-order valence-corrected chi connectivity index (χ4v) is 6.68. The molecule has 1 unspecified atom stereocenters. The number of ether oxygens (including phenoxy) is 1. The Morgan fingerprint density at radius 3 is 2.17 bits per heavy atom. The van der Waals surface area contributed by atoms with Crippen LogP contribution in [0.25, 0.3) is 0 Å². The number of hydrogen-bond acceptors (Lipinski definition) is 5. The molecule has 4 aromatic carbocycles. The maximum Gasteiger partial charge on any atom is 0.264 e. The Morgan fingerprint density at radius 1 is 0.826 bits per heavy atom. The van der Waals surface area contributed by atoms with Gasteiger partial charge >= 0.3 is 0 Å². The first kappa shape index (κ1) is 34.2. The zero-order chi connectivity index (χ0) is 33.1. The monoisotopic (exact) mass is 641 g/mol. The van der Waals surface area contributed by atoms with Crippen LogP contribution in [0.2, 0.25) is 0 Å². The van der Waals surface area contributed by atoms with E-state index in [2.05, 4.69) is 5.32 Å². The van der Waals surface area contributed by atoms with Gasteiger partial charge in [0.25, 0.3) is 10.0 Å². The second-order valence-electron chi connectivity index (χ2n) is 11.4. The summed E-state index contributed by atoms with van der Waals surface area (Å²) in [6, 6.07) is 29.6. The van der Waals surface area contributed by atoms with Crippen molar-refractivity contribution in [2.75, 3.05) is 24.5 Å². The van der Waals surface area contributed by atoms with E-state index in [0.29, 0.717) is 12.3 Å². The van der Waals surface area contributed by atoms with Crippen LogP contribution >= 0.6 is 0 Å². The SMILES string of the molecule is CCCCNC(=O)C(Cc1ccccc1)N(Cc1cccc(C)c1)C(=O)CN(c1ccccc1OC)S(=O)(=O)c1ccc(C)cc1. The number of carbonyl (C=O) groups excluding carboxylic acids is 2. The second-order valence-corrected chi connectivity index (χ2v) is 13.2. The van der Waals surface area contributed by atoms with Crippen molar-refractivity contribution in [2.45, 2.75) is 57.5 Å². The van der Waals surface area contributed by atoms with Gasteiger partial charge in [0.15, 0.2) is 0 Å². The molecule has 0 saturated heterocycles. The second kappa shape index (κ2) is 16.1. The van der Waals surface area contributed by atoms with E-state index in [0.717, 1.165) is 39.4 Å². The van der Waals surface area contributed by atoms with E-state index in [4.69, 9.17) is 4.74 Å². The Morgan fingerprint density at radius 2 is 1.50 bits per heavy atom. The van der Waals surface area contributed by atoms with E-state index < -0.39 is 28.5 Å². The molecule has 0 bridgehead atoms. The van der Waals surface area contributed by atoms with Gasteiger partial charge in [-0.1, -0.05) is 103 Å². The molecular formula is C37H43N3O5S. The molecular weight excluding hydrogens is 598 g/mol. The molecule has 0 spiro atoms. The Bertz CT molecular complexity index is 1710. The van der Waals surface area contributed by atoms with E-state index in [9.17, 15) is 18.0 Å². The molecule has 4 rings (SSSR count). The minimum atomic E-state index is -4.23. The molecule has 0 aliphatic carbocycles. The standard InChI is InChI=1S/C37H43N3O5S/c1-5-6-23-38-37(42)34(25-30-14-8-7-9-15-30)39(26-31-16-12-13-29(3)24-31)36(41)27-40(33-17-10-11-18-35(33)45-4)46(43,44)32-21-19-28(2)20-22-32/h7-22,24,34H,5-6,23,25-27H2,1-4H3,(H,38,42). The highest BCUT2D eigenvalue weighted by Gasteiger charge is 2.35. The van der Waals surface area contributed by atoms with Crippen molar-refractivity contribution in [1.82, 2.24) is 10.2 Å². The summed E-state index contributed by atoms with van der Waals surface area (Å²) in [6.45, 7) is 5.93. The van der Waals surface area contributed by atoms with Crippen LogP contribution < -0.4 is 14.4 Å². The van der Waals surface area contributed by atoms with Crippen molar-refractivity contribution in [1.29, 1.82) is 0 Å². The normalized spacial score (nSPS) is 11.8. The molecule has 242 valence electrons. The average molecular weight is 642 g/mol. The fourth-order valence-electron chi connectivity index (χ4n) is 5.25. The highest BCUT2D eigenvalue weighted by molar-refractivity contribution is 7.92. The predicted octanol–water partition coefficient (Wildman–Crippen LogP) is 6.06. The van der Waals surface area contributed by atoms with E-state index in [1.807, 2.05) is 75.4 Å². The highest BCUT2D eigenvalue weighted by Crippen LogP contribution is 2.33. The Kier molecular flexibility index (Phi) is 12.0.